The summed E-state index contributed by atoms with van der Waals surface area (Å²) < 4.78 is 50.9. The molecule has 1 aromatic heterocycles. The Morgan fingerprint density at radius 1 is 1.27 bits per heavy atom. The van der Waals surface area contributed by atoms with Crippen molar-refractivity contribution in [3.8, 4) is 0 Å². The first-order valence-electron chi connectivity index (χ1n) is 4.09. The van der Waals surface area contributed by atoms with Crippen LogP contribution in [0.2, 0.25) is 0 Å². The summed E-state index contributed by atoms with van der Waals surface area (Å²) >= 11 is 0. The van der Waals surface area contributed by atoms with E-state index in [0.717, 1.165) is 16.7 Å². The monoisotopic (exact) mass is 218 g/mol. The molecule has 0 saturated carbocycles. The second-order valence-corrected chi connectivity index (χ2v) is 3.13. The van der Waals surface area contributed by atoms with E-state index in [-0.39, 0.29) is 11.0 Å². The molecule has 2 rings (SSSR count). The van der Waals surface area contributed by atoms with Crippen LogP contribution in [0.4, 0.5) is 17.6 Å². The van der Waals surface area contributed by atoms with Crippen LogP contribution in [0.15, 0.2) is 18.2 Å². The minimum atomic E-state index is -4.52. The molecule has 0 spiro atoms. The van der Waals surface area contributed by atoms with Crippen LogP contribution in [0.1, 0.15) is 5.82 Å². The van der Waals surface area contributed by atoms with Crippen molar-refractivity contribution in [3.63, 3.8) is 0 Å². The Hall–Kier alpha value is -1.59. The minimum Gasteiger partial charge on any atom is -0.323 e. The predicted molar refractivity (Wildman–Crippen MR) is 45.7 cm³/mol. The molecule has 0 radical (unpaired) electrons. The highest BCUT2D eigenvalue weighted by molar-refractivity contribution is 5.76. The van der Waals surface area contributed by atoms with Crippen molar-refractivity contribution in [2.45, 2.75) is 6.18 Å². The minimum absolute atomic E-state index is 0.00447. The highest BCUT2D eigenvalue weighted by Gasteiger charge is 2.36. The maximum absolute atomic E-state index is 12.7. The molecule has 0 bridgehead atoms. The van der Waals surface area contributed by atoms with Crippen LogP contribution in [0.3, 0.4) is 0 Å². The lowest BCUT2D eigenvalue weighted by Gasteiger charge is -2.05. The fourth-order valence-corrected chi connectivity index (χ4v) is 1.43. The summed E-state index contributed by atoms with van der Waals surface area (Å²) in [5.74, 6) is -1.63. The topological polar surface area (TPSA) is 17.8 Å². The number of rotatable bonds is 0. The molecule has 80 valence electrons. The van der Waals surface area contributed by atoms with Gasteiger partial charge in [-0.2, -0.15) is 13.2 Å². The van der Waals surface area contributed by atoms with Gasteiger partial charge in [0.25, 0.3) is 0 Å². The van der Waals surface area contributed by atoms with E-state index in [4.69, 9.17) is 0 Å². The van der Waals surface area contributed by atoms with E-state index in [1.165, 1.54) is 13.1 Å². The summed E-state index contributed by atoms with van der Waals surface area (Å²) in [6.07, 6.45) is -4.52. The summed E-state index contributed by atoms with van der Waals surface area (Å²) in [7, 11) is 1.25. The molecule has 1 heterocycles. The van der Waals surface area contributed by atoms with E-state index >= 15 is 0 Å². The van der Waals surface area contributed by atoms with Crippen molar-refractivity contribution < 1.29 is 17.6 Å². The second kappa shape index (κ2) is 2.95. The Morgan fingerprint density at radius 3 is 2.53 bits per heavy atom. The van der Waals surface area contributed by atoms with Gasteiger partial charge in [0.2, 0.25) is 5.82 Å². The highest BCUT2D eigenvalue weighted by Crippen LogP contribution is 2.30. The van der Waals surface area contributed by atoms with Crippen LogP contribution in [0.25, 0.3) is 11.0 Å². The summed E-state index contributed by atoms with van der Waals surface area (Å²) in [5.41, 5.74) is 0.258. The normalized spacial score (nSPS) is 12.3. The molecule has 2 nitrogen and oxygen atoms in total. The SMILES string of the molecule is Cn1c(C(F)(F)F)nc2cc(F)ccc21. The highest BCUT2D eigenvalue weighted by atomic mass is 19.4. The molecule has 0 aliphatic carbocycles. The van der Waals surface area contributed by atoms with E-state index in [1.807, 2.05) is 0 Å². The summed E-state index contributed by atoms with van der Waals surface area (Å²) in [5, 5.41) is 0. The Bertz CT molecular complexity index is 513. The van der Waals surface area contributed by atoms with Gasteiger partial charge in [0.15, 0.2) is 0 Å². The molecule has 0 atom stereocenters. The predicted octanol–water partition coefficient (Wildman–Crippen LogP) is 2.73. The Balaban J connectivity index is 2.75. The van der Waals surface area contributed by atoms with Crippen molar-refractivity contribution in [3.05, 3.63) is 29.8 Å². The summed E-state index contributed by atoms with van der Waals surface area (Å²) in [6, 6.07) is 3.35. The van der Waals surface area contributed by atoms with Crippen LogP contribution in [0.5, 0.6) is 0 Å². The first-order valence-corrected chi connectivity index (χ1v) is 4.09. The summed E-state index contributed by atoms with van der Waals surface area (Å²) in [4.78, 5) is 3.34. The molecule has 15 heavy (non-hydrogen) atoms. The maximum atomic E-state index is 12.7. The van der Waals surface area contributed by atoms with Gasteiger partial charge in [-0.25, -0.2) is 9.37 Å². The quantitative estimate of drug-likeness (QED) is 0.621. The fraction of sp³-hybridized carbons (Fsp3) is 0.222. The number of nitrogens with zero attached hydrogens (tertiary/aromatic N) is 2. The molecule has 6 heteroatoms. The second-order valence-electron chi connectivity index (χ2n) is 3.13. The van der Waals surface area contributed by atoms with Crippen LogP contribution in [0, 0.1) is 5.82 Å². The molecule has 0 N–H and O–H groups in total. The number of hydrogen-bond acceptors (Lipinski definition) is 1. The molecule has 0 aliphatic heterocycles. The largest absolute Gasteiger partial charge is 0.449 e. The van der Waals surface area contributed by atoms with Gasteiger partial charge in [-0.05, 0) is 12.1 Å². The molecule has 0 amide bonds. The van der Waals surface area contributed by atoms with E-state index in [9.17, 15) is 17.6 Å². The van der Waals surface area contributed by atoms with Gasteiger partial charge in [0.05, 0.1) is 11.0 Å². The third-order valence-corrected chi connectivity index (χ3v) is 2.10. The molecule has 0 saturated heterocycles. The van der Waals surface area contributed by atoms with Gasteiger partial charge in [0, 0.05) is 13.1 Å². The average molecular weight is 218 g/mol. The zero-order valence-corrected chi connectivity index (χ0v) is 7.64. The zero-order valence-electron chi connectivity index (χ0n) is 7.64. The van der Waals surface area contributed by atoms with E-state index in [2.05, 4.69) is 4.98 Å². The van der Waals surface area contributed by atoms with Crippen LogP contribution >= 0.6 is 0 Å². The van der Waals surface area contributed by atoms with Gasteiger partial charge >= 0.3 is 6.18 Å². The number of alkyl halides is 3. The first kappa shape index (κ1) is 9.95. The third kappa shape index (κ3) is 1.55. The number of benzene rings is 1. The molecular formula is C9H6F4N2. The van der Waals surface area contributed by atoms with Gasteiger partial charge in [0.1, 0.15) is 5.82 Å². The molecule has 0 fully saturated rings. The Morgan fingerprint density at radius 2 is 1.93 bits per heavy atom. The van der Waals surface area contributed by atoms with Crippen molar-refractivity contribution in [1.29, 1.82) is 0 Å². The number of hydrogen-bond donors (Lipinski definition) is 0. The third-order valence-electron chi connectivity index (χ3n) is 2.10. The lowest BCUT2D eigenvalue weighted by molar-refractivity contribution is -0.146. The molecule has 1 aromatic carbocycles. The van der Waals surface area contributed by atoms with Gasteiger partial charge in [-0.3, -0.25) is 0 Å². The molecule has 0 aliphatic rings. The number of fused-ring (bicyclic) bond motifs is 1. The average Bonchev–Trinajstić information content (AvgIpc) is 2.42. The van der Waals surface area contributed by atoms with Gasteiger partial charge in [-0.1, -0.05) is 0 Å². The van der Waals surface area contributed by atoms with E-state index in [0.29, 0.717) is 0 Å². The summed E-state index contributed by atoms with van der Waals surface area (Å²) in [6.45, 7) is 0. The van der Waals surface area contributed by atoms with Gasteiger partial charge < -0.3 is 4.57 Å². The number of aromatic nitrogens is 2. The number of halogens is 4. The molecular weight excluding hydrogens is 212 g/mol. The van der Waals surface area contributed by atoms with Crippen LogP contribution in [-0.4, -0.2) is 9.55 Å². The zero-order chi connectivity index (χ0) is 11.2. The number of aryl methyl sites for hydroxylation is 1. The lowest BCUT2D eigenvalue weighted by Crippen LogP contribution is -2.12. The Labute approximate surface area is 82.1 Å². The van der Waals surface area contributed by atoms with Crippen molar-refractivity contribution in [2.75, 3.05) is 0 Å². The fourth-order valence-electron chi connectivity index (χ4n) is 1.43. The van der Waals surface area contributed by atoms with Crippen molar-refractivity contribution in [2.24, 2.45) is 7.05 Å². The first-order chi connectivity index (χ1) is 6.89. The maximum Gasteiger partial charge on any atom is 0.449 e. The van der Waals surface area contributed by atoms with Crippen LogP contribution in [-0.2, 0) is 13.2 Å². The van der Waals surface area contributed by atoms with Crippen LogP contribution < -0.4 is 0 Å². The Kier molecular flexibility index (Phi) is 1.95. The van der Waals surface area contributed by atoms with Crippen molar-refractivity contribution in [1.82, 2.24) is 9.55 Å². The lowest BCUT2D eigenvalue weighted by atomic mass is 10.3. The molecule has 2 aromatic rings. The molecule has 0 unspecified atom stereocenters. The van der Waals surface area contributed by atoms with E-state index in [1.54, 1.807) is 0 Å². The standard InChI is InChI=1S/C9H6F4N2/c1-15-7-3-2-5(10)4-6(7)14-8(15)9(11,12)13/h2-4H,1H3. The number of imidazole rings is 1. The van der Waals surface area contributed by atoms with Gasteiger partial charge in [-0.15, -0.1) is 0 Å². The smallest absolute Gasteiger partial charge is 0.323 e. The van der Waals surface area contributed by atoms with Crippen molar-refractivity contribution >= 4 is 11.0 Å². The van der Waals surface area contributed by atoms with E-state index < -0.39 is 17.8 Å².